The molecule has 1 aliphatic carbocycles. The largest absolute Gasteiger partial charge is 0.396 e. The third kappa shape index (κ3) is 6.42. The molecular formula is C16H31NO2. The second-order valence-corrected chi connectivity index (χ2v) is 6.22. The van der Waals surface area contributed by atoms with E-state index in [1.54, 1.807) is 0 Å². The minimum absolute atomic E-state index is 0.208. The monoisotopic (exact) mass is 269 g/mol. The Morgan fingerprint density at radius 3 is 2.58 bits per heavy atom. The van der Waals surface area contributed by atoms with Crippen LogP contribution in [0.2, 0.25) is 0 Å². The molecule has 2 N–H and O–H groups in total. The van der Waals surface area contributed by atoms with Crippen LogP contribution in [-0.4, -0.2) is 24.2 Å². The van der Waals surface area contributed by atoms with Gasteiger partial charge in [0.05, 0.1) is 0 Å². The van der Waals surface area contributed by atoms with E-state index in [0.717, 1.165) is 25.2 Å². The Bertz CT molecular complexity index is 247. The number of amides is 1. The van der Waals surface area contributed by atoms with Gasteiger partial charge in [0.1, 0.15) is 0 Å². The highest BCUT2D eigenvalue weighted by atomic mass is 16.3. The van der Waals surface area contributed by atoms with Gasteiger partial charge in [0.2, 0.25) is 5.91 Å². The van der Waals surface area contributed by atoms with E-state index in [1.807, 2.05) is 0 Å². The predicted molar refractivity (Wildman–Crippen MR) is 78.8 cm³/mol. The van der Waals surface area contributed by atoms with Crippen molar-refractivity contribution in [3.63, 3.8) is 0 Å². The Hall–Kier alpha value is -0.570. The van der Waals surface area contributed by atoms with Gasteiger partial charge in [0.25, 0.3) is 0 Å². The van der Waals surface area contributed by atoms with E-state index in [4.69, 9.17) is 5.11 Å². The molecule has 0 bridgehead atoms. The molecule has 1 amide bonds. The summed E-state index contributed by atoms with van der Waals surface area (Å²) in [5, 5.41) is 11.9. The van der Waals surface area contributed by atoms with E-state index >= 15 is 0 Å². The van der Waals surface area contributed by atoms with Crippen molar-refractivity contribution in [2.24, 2.45) is 17.8 Å². The lowest BCUT2D eigenvalue weighted by Crippen LogP contribution is -2.35. The molecule has 0 aromatic rings. The lowest BCUT2D eigenvalue weighted by atomic mass is 9.79. The molecule has 0 aromatic carbocycles. The van der Waals surface area contributed by atoms with Crippen LogP contribution < -0.4 is 5.32 Å². The molecule has 3 heteroatoms. The zero-order valence-corrected chi connectivity index (χ0v) is 12.7. The zero-order valence-electron chi connectivity index (χ0n) is 12.7. The van der Waals surface area contributed by atoms with E-state index in [2.05, 4.69) is 19.2 Å². The van der Waals surface area contributed by atoms with Crippen LogP contribution in [0.1, 0.15) is 65.2 Å². The summed E-state index contributed by atoms with van der Waals surface area (Å²) in [6.45, 7) is 5.22. The number of carbonyl (C=O) groups is 1. The summed E-state index contributed by atoms with van der Waals surface area (Å²) in [6, 6.07) is 0. The Balaban J connectivity index is 2.17. The fourth-order valence-corrected chi connectivity index (χ4v) is 2.95. The van der Waals surface area contributed by atoms with Gasteiger partial charge in [-0.2, -0.15) is 0 Å². The first-order valence-electron chi connectivity index (χ1n) is 8.05. The van der Waals surface area contributed by atoms with Crippen molar-refractivity contribution in [1.82, 2.24) is 5.32 Å². The summed E-state index contributed by atoms with van der Waals surface area (Å²) >= 11 is 0. The number of rotatable bonds is 8. The van der Waals surface area contributed by atoms with Crippen LogP contribution in [0.5, 0.6) is 0 Å². The molecule has 19 heavy (non-hydrogen) atoms. The lowest BCUT2D eigenvalue weighted by Gasteiger charge is -2.28. The van der Waals surface area contributed by atoms with Crippen LogP contribution in [-0.2, 0) is 4.79 Å². The van der Waals surface area contributed by atoms with Crippen molar-refractivity contribution in [3.8, 4) is 0 Å². The highest BCUT2D eigenvalue weighted by Gasteiger charge is 2.25. The molecule has 0 saturated heterocycles. The van der Waals surface area contributed by atoms with Gasteiger partial charge in [-0.05, 0) is 43.9 Å². The lowest BCUT2D eigenvalue weighted by molar-refractivity contribution is -0.126. The highest BCUT2D eigenvalue weighted by molar-refractivity contribution is 5.78. The predicted octanol–water partition coefficient (Wildman–Crippen LogP) is 3.12. The van der Waals surface area contributed by atoms with Crippen LogP contribution >= 0.6 is 0 Å². The van der Waals surface area contributed by atoms with E-state index < -0.39 is 0 Å². The average molecular weight is 269 g/mol. The van der Waals surface area contributed by atoms with Gasteiger partial charge in [0, 0.05) is 19.1 Å². The molecule has 0 heterocycles. The highest BCUT2D eigenvalue weighted by Crippen LogP contribution is 2.31. The van der Waals surface area contributed by atoms with Crippen LogP contribution in [0.3, 0.4) is 0 Å². The molecule has 1 aliphatic rings. The van der Waals surface area contributed by atoms with Crippen LogP contribution in [0.25, 0.3) is 0 Å². The maximum Gasteiger partial charge on any atom is 0.223 e. The Morgan fingerprint density at radius 1 is 1.32 bits per heavy atom. The van der Waals surface area contributed by atoms with E-state index in [-0.39, 0.29) is 18.4 Å². The summed E-state index contributed by atoms with van der Waals surface area (Å²) in [6.07, 6.45) is 9.31. The maximum absolute atomic E-state index is 12.1. The number of nitrogens with one attached hydrogen (secondary N) is 1. The topological polar surface area (TPSA) is 49.3 Å². The summed E-state index contributed by atoms with van der Waals surface area (Å²) < 4.78 is 0. The molecule has 1 rings (SSSR count). The smallest absolute Gasteiger partial charge is 0.223 e. The van der Waals surface area contributed by atoms with Crippen LogP contribution in [0, 0.1) is 17.8 Å². The molecule has 112 valence electrons. The molecule has 1 saturated carbocycles. The molecular weight excluding hydrogens is 238 g/mol. The van der Waals surface area contributed by atoms with Crippen molar-refractivity contribution in [2.75, 3.05) is 13.2 Å². The van der Waals surface area contributed by atoms with Gasteiger partial charge in [-0.15, -0.1) is 0 Å². The van der Waals surface area contributed by atoms with Crippen molar-refractivity contribution in [3.05, 3.63) is 0 Å². The first kappa shape index (κ1) is 16.5. The Kier molecular flexibility index (Phi) is 8.11. The van der Waals surface area contributed by atoms with Crippen LogP contribution in [0.15, 0.2) is 0 Å². The van der Waals surface area contributed by atoms with Gasteiger partial charge >= 0.3 is 0 Å². The third-order valence-corrected chi connectivity index (χ3v) is 4.43. The van der Waals surface area contributed by atoms with Crippen LogP contribution in [0.4, 0.5) is 0 Å². The fourth-order valence-electron chi connectivity index (χ4n) is 2.95. The van der Waals surface area contributed by atoms with Gasteiger partial charge in [-0.25, -0.2) is 0 Å². The van der Waals surface area contributed by atoms with Gasteiger partial charge < -0.3 is 10.4 Å². The number of carbonyl (C=O) groups excluding carboxylic acids is 1. The molecule has 1 unspecified atom stereocenters. The Morgan fingerprint density at radius 2 is 2.00 bits per heavy atom. The molecule has 1 atom stereocenters. The zero-order chi connectivity index (χ0) is 14.1. The van der Waals surface area contributed by atoms with Crippen molar-refractivity contribution in [1.29, 1.82) is 0 Å². The number of aliphatic hydroxyl groups is 1. The second kappa shape index (κ2) is 9.35. The normalized spacial score (nSPS) is 25.0. The number of unbranched alkanes of at least 4 members (excludes halogenated alkanes) is 1. The molecule has 0 aromatic heterocycles. The maximum atomic E-state index is 12.1. The Labute approximate surface area is 118 Å². The number of hydrogen-bond acceptors (Lipinski definition) is 2. The van der Waals surface area contributed by atoms with Crippen molar-refractivity contribution < 1.29 is 9.90 Å². The summed E-state index contributed by atoms with van der Waals surface area (Å²) in [4.78, 5) is 12.1. The summed E-state index contributed by atoms with van der Waals surface area (Å²) in [7, 11) is 0. The van der Waals surface area contributed by atoms with Crippen molar-refractivity contribution in [2.45, 2.75) is 65.2 Å². The van der Waals surface area contributed by atoms with Gasteiger partial charge in [-0.3, -0.25) is 4.79 Å². The number of hydrogen-bond donors (Lipinski definition) is 2. The van der Waals surface area contributed by atoms with E-state index in [9.17, 15) is 4.79 Å². The molecule has 3 nitrogen and oxygen atoms in total. The summed E-state index contributed by atoms with van der Waals surface area (Å²) in [5.41, 5.74) is 0. The minimum atomic E-state index is 0.208. The quantitative estimate of drug-likeness (QED) is 0.711. The van der Waals surface area contributed by atoms with Gasteiger partial charge in [0.15, 0.2) is 0 Å². The fraction of sp³-hybridized carbons (Fsp3) is 0.938. The summed E-state index contributed by atoms with van der Waals surface area (Å²) in [5.74, 6) is 1.70. The van der Waals surface area contributed by atoms with E-state index in [0.29, 0.717) is 12.5 Å². The number of aliphatic hydroxyl groups excluding tert-OH is 1. The first-order chi connectivity index (χ1) is 9.17. The molecule has 0 spiro atoms. The molecule has 0 radical (unpaired) electrons. The first-order valence-corrected chi connectivity index (χ1v) is 8.05. The van der Waals surface area contributed by atoms with Crippen molar-refractivity contribution >= 4 is 5.91 Å². The molecule has 0 aliphatic heterocycles. The second-order valence-electron chi connectivity index (χ2n) is 6.22. The SMILES string of the molecule is CCCCC1CCC(C(=O)NCC(C)CCO)CC1. The standard InChI is InChI=1S/C16H31NO2/c1-3-4-5-14-6-8-15(9-7-14)16(19)17-12-13(2)10-11-18/h13-15,18H,3-12H2,1-2H3,(H,17,19). The minimum Gasteiger partial charge on any atom is -0.396 e. The third-order valence-electron chi connectivity index (χ3n) is 4.43. The van der Waals surface area contributed by atoms with E-state index in [1.165, 1.54) is 32.1 Å². The van der Waals surface area contributed by atoms with Gasteiger partial charge in [-0.1, -0.05) is 33.1 Å². The molecule has 1 fully saturated rings. The average Bonchev–Trinajstić information content (AvgIpc) is 2.43.